The van der Waals surface area contributed by atoms with E-state index >= 15 is 0 Å². The summed E-state index contributed by atoms with van der Waals surface area (Å²) in [6, 6.07) is -6.04. The number of amides is 4. The van der Waals surface area contributed by atoms with Gasteiger partial charge in [-0.05, 0) is 5.92 Å². The van der Waals surface area contributed by atoms with E-state index in [1.807, 2.05) is 10.6 Å². The molecule has 0 fully saturated rings. The van der Waals surface area contributed by atoms with Crippen LogP contribution in [0.2, 0.25) is 0 Å². The number of carboxylic acids is 2. The number of aliphatic hydroxyl groups excluding tert-OH is 1. The van der Waals surface area contributed by atoms with Crippen molar-refractivity contribution in [2.75, 3.05) is 6.61 Å². The van der Waals surface area contributed by atoms with Crippen molar-refractivity contribution in [2.45, 2.75) is 57.3 Å². The van der Waals surface area contributed by atoms with Crippen LogP contribution in [0, 0.1) is 5.92 Å². The minimum atomic E-state index is -1.71. The molecule has 14 nitrogen and oxygen atoms in total. The predicted molar refractivity (Wildman–Crippen MR) is 104 cm³/mol. The summed E-state index contributed by atoms with van der Waals surface area (Å²) in [5.74, 6) is -7.36. The van der Waals surface area contributed by atoms with Crippen LogP contribution < -0.4 is 27.4 Å². The normalized spacial score (nSPS) is 15.5. The number of carbonyl (C=O) groups excluding carboxylic acids is 4. The van der Waals surface area contributed by atoms with E-state index in [2.05, 4.69) is 5.32 Å². The number of hydrogen-bond donors (Lipinski definition) is 8. The van der Waals surface area contributed by atoms with Crippen molar-refractivity contribution in [3.05, 3.63) is 0 Å². The molecule has 0 saturated heterocycles. The number of carbonyl (C=O) groups is 6. The van der Waals surface area contributed by atoms with Gasteiger partial charge in [0.25, 0.3) is 0 Å². The predicted octanol–water partition coefficient (Wildman–Crippen LogP) is -3.76. The molecular weight excluding hydrogens is 418 g/mol. The second-order valence-electron chi connectivity index (χ2n) is 6.88. The Kier molecular flexibility index (Phi) is 11.7. The number of aliphatic hydroxyl groups is 1. The average Bonchev–Trinajstić information content (AvgIpc) is 2.68. The topological polar surface area (TPSA) is 251 Å². The van der Waals surface area contributed by atoms with E-state index in [1.54, 1.807) is 13.8 Å². The first-order chi connectivity index (χ1) is 14.3. The fourth-order valence-electron chi connectivity index (χ4n) is 2.30. The molecule has 10 N–H and O–H groups in total. The van der Waals surface area contributed by atoms with E-state index in [1.165, 1.54) is 0 Å². The summed E-state index contributed by atoms with van der Waals surface area (Å²) in [5, 5.41) is 33.5. The molecule has 31 heavy (non-hydrogen) atoms. The minimum Gasteiger partial charge on any atom is -0.481 e. The van der Waals surface area contributed by atoms with Crippen LogP contribution in [0.5, 0.6) is 0 Å². The monoisotopic (exact) mass is 447 g/mol. The Labute approximate surface area is 177 Å². The van der Waals surface area contributed by atoms with Gasteiger partial charge >= 0.3 is 11.9 Å². The van der Waals surface area contributed by atoms with Gasteiger partial charge in [-0.2, -0.15) is 0 Å². The van der Waals surface area contributed by atoms with Crippen molar-refractivity contribution in [1.29, 1.82) is 0 Å². The average molecular weight is 447 g/mol. The largest absolute Gasteiger partial charge is 0.481 e. The molecular formula is C17H29N5O9. The number of carboxylic acid groups (broad SMARTS) is 2. The molecule has 0 aromatic heterocycles. The summed E-state index contributed by atoms with van der Waals surface area (Å²) in [6.07, 6.45) is -1.03. The third-order valence-corrected chi connectivity index (χ3v) is 4.41. The molecule has 0 spiro atoms. The highest BCUT2D eigenvalue weighted by Crippen LogP contribution is 2.06. The quantitative estimate of drug-likeness (QED) is 0.129. The molecule has 0 rings (SSSR count). The van der Waals surface area contributed by atoms with Crippen LogP contribution >= 0.6 is 0 Å². The summed E-state index contributed by atoms with van der Waals surface area (Å²) >= 11 is 0. The second-order valence-corrected chi connectivity index (χ2v) is 6.88. The molecule has 0 aliphatic heterocycles. The molecule has 0 aromatic carbocycles. The van der Waals surface area contributed by atoms with Gasteiger partial charge in [-0.1, -0.05) is 20.3 Å². The van der Waals surface area contributed by atoms with E-state index in [4.69, 9.17) is 21.7 Å². The van der Waals surface area contributed by atoms with Crippen LogP contribution in [0.25, 0.3) is 0 Å². The van der Waals surface area contributed by atoms with Gasteiger partial charge in [-0.25, -0.2) is 4.79 Å². The van der Waals surface area contributed by atoms with E-state index in [0.29, 0.717) is 6.42 Å². The maximum absolute atomic E-state index is 12.4. The van der Waals surface area contributed by atoms with Crippen molar-refractivity contribution in [3.8, 4) is 0 Å². The molecule has 0 aromatic rings. The zero-order valence-corrected chi connectivity index (χ0v) is 17.2. The van der Waals surface area contributed by atoms with Gasteiger partial charge in [0.1, 0.15) is 18.1 Å². The molecule has 14 heteroatoms. The first kappa shape index (κ1) is 27.7. The lowest BCUT2D eigenvalue weighted by Gasteiger charge is -2.24. The van der Waals surface area contributed by atoms with Crippen LogP contribution in [-0.4, -0.2) is 81.7 Å². The molecule has 4 amide bonds. The molecule has 0 aliphatic rings. The Hall–Kier alpha value is -3.26. The minimum absolute atomic E-state index is 0.261. The standard InChI is InChI=1S/C17H29N5O9/c1-3-7(2)13(19)16(29)20-8(5-12(25)26)14(27)22-10(6-23)15(28)21-9(17(30)31)4-11(18)24/h7-10,13,23H,3-6,19H2,1-2H3,(H2,18,24)(H,20,29)(H,21,28)(H,22,27)(H,25,26)(H,30,31). The van der Waals surface area contributed by atoms with Gasteiger partial charge in [0, 0.05) is 0 Å². The third-order valence-electron chi connectivity index (χ3n) is 4.41. The Morgan fingerprint density at radius 2 is 1.32 bits per heavy atom. The van der Waals surface area contributed by atoms with Gasteiger partial charge in [0.05, 0.1) is 25.5 Å². The molecule has 0 aliphatic carbocycles. The number of primary amides is 1. The van der Waals surface area contributed by atoms with Crippen molar-refractivity contribution < 1.29 is 44.1 Å². The van der Waals surface area contributed by atoms with Crippen LogP contribution in [0.15, 0.2) is 0 Å². The molecule has 176 valence electrons. The zero-order chi connectivity index (χ0) is 24.3. The highest BCUT2D eigenvalue weighted by molar-refractivity contribution is 5.96. The molecule has 0 heterocycles. The fourth-order valence-corrected chi connectivity index (χ4v) is 2.30. The van der Waals surface area contributed by atoms with Crippen molar-refractivity contribution in [3.63, 3.8) is 0 Å². The molecule has 0 saturated carbocycles. The summed E-state index contributed by atoms with van der Waals surface area (Å²) in [4.78, 5) is 69.9. The first-order valence-electron chi connectivity index (χ1n) is 9.34. The maximum Gasteiger partial charge on any atom is 0.326 e. The van der Waals surface area contributed by atoms with Gasteiger partial charge < -0.3 is 42.7 Å². The van der Waals surface area contributed by atoms with Gasteiger partial charge in [-0.3, -0.25) is 24.0 Å². The lowest BCUT2D eigenvalue weighted by molar-refractivity contribution is -0.144. The van der Waals surface area contributed by atoms with Gasteiger partial charge in [0.15, 0.2) is 0 Å². The molecule has 5 unspecified atom stereocenters. The SMILES string of the molecule is CCC(C)C(N)C(=O)NC(CC(=O)O)C(=O)NC(CO)C(=O)NC(CC(N)=O)C(=O)O. The number of rotatable bonds is 14. The molecule has 0 bridgehead atoms. The van der Waals surface area contributed by atoms with E-state index < -0.39 is 79.2 Å². The van der Waals surface area contributed by atoms with E-state index in [0.717, 1.165) is 0 Å². The summed E-state index contributed by atoms with van der Waals surface area (Å²) in [6.45, 7) is 2.49. The van der Waals surface area contributed by atoms with Crippen molar-refractivity contribution >= 4 is 35.6 Å². The first-order valence-corrected chi connectivity index (χ1v) is 9.34. The second kappa shape index (κ2) is 13.1. The van der Waals surface area contributed by atoms with Crippen LogP contribution in [0.4, 0.5) is 0 Å². The number of hydrogen-bond acceptors (Lipinski definition) is 8. The Bertz CT molecular complexity index is 699. The smallest absolute Gasteiger partial charge is 0.326 e. The van der Waals surface area contributed by atoms with Gasteiger partial charge in [0.2, 0.25) is 23.6 Å². The summed E-state index contributed by atoms with van der Waals surface area (Å²) in [5.41, 5.74) is 10.7. The molecule has 5 atom stereocenters. The van der Waals surface area contributed by atoms with Crippen molar-refractivity contribution in [2.24, 2.45) is 17.4 Å². The highest BCUT2D eigenvalue weighted by atomic mass is 16.4. The third kappa shape index (κ3) is 9.86. The summed E-state index contributed by atoms with van der Waals surface area (Å²) < 4.78 is 0. The lowest BCUT2D eigenvalue weighted by Crippen LogP contribution is -2.59. The Balaban J connectivity index is 5.32. The number of nitrogens with one attached hydrogen (secondary N) is 3. The lowest BCUT2D eigenvalue weighted by atomic mass is 9.99. The van der Waals surface area contributed by atoms with Crippen molar-refractivity contribution in [1.82, 2.24) is 16.0 Å². The number of aliphatic carboxylic acids is 2. The van der Waals surface area contributed by atoms with Crippen LogP contribution in [-0.2, 0) is 28.8 Å². The fraction of sp³-hybridized carbons (Fsp3) is 0.647. The number of nitrogens with two attached hydrogens (primary N) is 2. The zero-order valence-electron chi connectivity index (χ0n) is 17.2. The van der Waals surface area contributed by atoms with Crippen LogP contribution in [0.3, 0.4) is 0 Å². The molecule has 0 radical (unpaired) electrons. The van der Waals surface area contributed by atoms with Gasteiger partial charge in [-0.15, -0.1) is 0 Å². The van der Waals surface area contributed by atoms with E-state index in [9.17, 15) is 33.9 Å². The Morgan fingerprint density at radius 1 is 0.839 bits per heavy atom. The van der Waals surface area contributed by atoms with Crippen LogP contribution in [0.1, 0.15) is 33.1 Å². The van der Waals surface area contributed by atoms with E-state index in [-0.39, 0.29) is 5.92 Å². The summed E-state index contributed by atoms with van der Waals surface area (Å²) in [7, 11) is 0. The Morgan fingerprint density at radius 3 is 1.74 bits per heavy atom. The highest BCUT2D eigenvalue weighted by Gasteiger charge is 2.32. The maximum atomic E-state index is 12.4.